The number of aliphatic carboxylic acids is 1. The predicted molar refractivity (Wildman–Crippen MR) is 52.8 cm³/mol. The van der Waals surface area contributed by atoms with Gasteiger partial charge in [0.15, 0.2) is 0 Å². The Hall–Kier alpha value is -0.570. The zero-order chi connectivity index (χ0) is 10.8. The van der Waals surface area contributed by atoms with E-state index >= 15 is 0 Å². The molecule has 0 N–H and O–H groups in total. The first-order valence-electron chi connectivity index (χ1n) is 5.01. The van der Waals surface area contributed by atoms with Crippen LogP contribution in [0.2, 0.25) is 0 Å². The van der Waals surface area contributed by atoms with Crippen molar-refractivity contribution in [1.29, 1.82) is 0 Å². The second-order valence-corrected chi connectivity index (χ2v) is 3.77. The average Bonchev–Trinajstić information content (AvgIpc) is 2.08. The molecule has 0 fully saturated rings. The van der Waals surface area contributed by atoms with Crippen LogP contribution in [0.25, 0.3) is 0 Å². The Balaban J connectivity index is 2.99. The SMILES string of the molecule is O=C([O-])CCCCCCCCC(=O)Cl. The summed E-state index contributed by atoms with van der Waals surface area (Å²) in [6, 6.07) is 0. The first kappa shape index (κ1) is 13.4. The third kappa shape index (κ3) is 11.4. The Morgan fingerprint density at radius 2 is 1.29 bits per heavy atom. The van der Waals surface area contributed by atoms with Gasteiger partial charge in [-0.1, -0.05) is 25.7 Å². The summed E-state index contributed by atoms with van der Waals surface area (Å²) in [7, 11) is 0. The highest BCUT2D eigenvalue weighted by Crippen LogP contribution is 2.09. The largest absolute Gasteiger partial charge is 0.550 e. The van der Waals surface area contributed by atoms with Crippen LogP contribution in [0, 0.1) is 0 Å². The minimum Gasteiger partial charge on any atom is -0.550 e. The molecule has 0 aliphatic rings. The Kier molecular flexibility index (Phi) is 8.64. The summed E-state index contributed by atoms with van der Waals surface area (Å²) in [5.41, 5.74) is 0. The zero-order valence-corrected chi connectivity index (χ0v) is 9.02. The van der Waals surface area contributed by atoms with Gasteiger partial charge >= 0.3 is 0 Å². The summed E-state index contributed by atoms with van der Waals surface area (Å²) >= 11 is 5.16. The standard InChI is InChI=1S/C10H17ClO3/c11-9(12)7-5-3-1-2-4-6-8-10(13)14/h1-8H2,(H,13,14)/p-1. The second-order valence-electron chi connectivity index (χ2n) is 3.35. The normalized spacial score (nSPS) is 10.1. The first-order chi connectivity index (χ1) is 6.63. The third-order valence-corrected chi connectivity index (χ3v) is 2.19. The van der Waals surface area contributed by atoms with Gasteiger partial charge in [0.1, 0.15) is 0 Å². The van der Waals surface area contributed by atoms with Crippen LogP contribution in [0.1, 0.15) is 51.4 Å². The van der Waals surface area contributed by atoms with E-state index in [4.69, 9.17) is 11.6 Å². The van der Waals surface area contributed by atoms with Gasteiger partial charge in [-0.2, -0.15) is 0 Å². The minimum atomic E-state index is -0.974. The summed E-state index contributed by atoms with van der Waals surface area (Å²) in [4.78, 5) is 20.4. The number of unbranched alkanes of at least 4 members (excludes halogenated alkanes) is 5. The summed E-state index contributed by atoms with van der Waals surface area (Å²) < 4.78 is 0. The third-order valence-electron chi connectivity index (χ3n) is 2.00. The lowest BCUT2D eigenvalue weighted by Gasteiger charge is -2.01. The lowest BCUT2D eigenvalue weighted by Crippen LogP contribution is -2.21. The Labute approximate surface area is 89.4 Å². The molecule has 82 valence electrons. The van der Waals surface area contributed by atoms with Crippen LogP contribution in [-0.2, 0) is 9.59 Å². The highest BCUT2D eigenvalue weighted by atomic mass is 35.5. The van der Waals surface area contributed by atoms with Gasteiger partial charge in [-0.05, 0) is 30.9 Å². The van der Waals surface area contributed by atoms with E-state index in [-0.39, 0.29) is 11.7 Å². The summed E-state index contributed by atoms with van der Waals surface area (Å²) in [5, 5.41) is 9.77. The van der Waals surface area contributed by atoms with Crippen molar-refractivity contribution in [3.63, 3.8) is 0 Å². The minimum absolute atomic E-state index is 0.153. The molecular weight excluding hydrogens is 204 g/mol. The Morgan fingerprint density at radius 3 is 1.71 bits per heavy atom. The maximum absolute atomic E-state index is 10.3. The molecule has 3 nitrogen and oxygen atoms in total. The fraction of sp³-hybridized carbons (Fsp3) is 0.800. The number of hydrogen-bond donors (Lipinski definition) is 0. The van der Waals surface area contributed by atoms with Gasteiger partial charge in [-0.25, -0.2) is 0 Å². The molecule has 0 rings (SSSR count). The van der Waals surface area contributed by atoms with Crippen molar-refractivity contribution in [1.82, 2.24) is 0 Å². The molecule has 0 aromatic heterocycles. The summed E-state index contributed by atoms with van der Waals surface area (Å²) in [5.74, 6) is -0.974. The first-order valence-corrected chi connectivity index (χ1v) is 5.39. The van der Waals surface area contributed by atoms with Crippen molar-refractivity contribution in [2.75, 3.05) is 0 Å². The Morgan fingerprint density at radius 1 is 0.857 bits per heavy atom. The van der Waals surface area contributed by atoms with Crippen molar-refractivity contribution in [3.05, 3.63) is 0 Å². The fourth-order valence-electron chi connectivity index (χ4n) is 1.24. The number of carboxylic acids is 1. The fourth-order valence-corrected chi connectivity index (χ4v) is 1.37. The lowest BCUT2D eigenvalue weighted by molar-refractivity contribution is -0.305. The van der Waals surface area contributed by atoms with Gasteiger partial charge in [-0.3, -0.25) is 4.79 Å². The molecular formula is C10H16ClO3-. The number of rotatable bonds is 9. The maximum Gasteiger partial charge on any atom is 0.221 e. The van der Waals surface area contributed by atoms with Gasteiger partial charge in [0.05, 0.1) is 0 Å². The van der Waals surface area contributed by atoms with E-state index in [1.54, 1.807) is 0 Å². The van der Waals surface area contributed by atoms with Crippen LogP contribution in [-0.4, -0.2) is 11.2 Å². The van der Waals surface area contributed by atoms with Crippen LogP contribution in [0.15, 0.2) is 0 Å². The summed E-state index contributed by atoms with van der Waals surface area (Å²) in [6.45, 7) is 0. The monoisotopic (exact) mass is 219 g/mol. The number of carbonyl (C=O) groups excluding carboxylic acids is 2. The molecule has 0 atom stereocenters. The van der Waals surface area contributed by atoms with E-state index < -0.39 is 5.97 Å². The molecule has 0 heterocycles. The topological polar surface area (TPSA) is 57.2 Å². The molecule has 0 bridgehead atoms. The molecule has 0 spiro atoms. The molecule has 0 aliphatic heterocycles. The van der Waals surface area contributed by atoms with Gasteiger partial charge in [-0.15, -0.1) is 0 Å². The quantitative estimate of drug-likeness (QED) is 0.437. The van der Waals surface area contributed by atoms with Crippen molar-refractivity contribution < 1.29 is 14.7 Å². The molecule has 0 saturated carbocycles. The molecule has 0 unspecified atom stereocenters. The average molecular weight is 220 g/mol. The van der Waals surface area contributed by atoms with E-state index in [2.05, 4.69) is 0 Å². The molecule has 0 aromatic carbocycles. The van der Waals surface area contributed by atoms with Crippen molar-refractivity contribution in [2.24, 2.45) is 0 Å². The number of carbonyl (C=O) groups is 2. The second kappa shape index (κ2) is 9.00. The molecule has 0 aromatic rings. The maximum atomic E-state index is 10.3. The van der Waals surface area contributed by atoms with Crippen molar-refractivity contribution >= 4 is 22.8 Å². The molecule has 0 radical (unpaired) electrons. The zero-order valence-electron chi connectivity index (χ0n) is 8.26. The van der Waals surface area contributed by atoms with E-state index in [0.717, 1.165) is 32.1 Å². The predicted octanol–water partition coefficient (Wildman–Crippen LogP) is 1.62. The van der Waals surface area contributed by atoms with Gasteiger partial charge in [0.25, 0.3) is 0 Å². The van der Waals surface area contributed by atoms with E-state index in [0.29, 0.717) is 12.8 Å². The number of carboxylic acid groups (broad SMARTS) is 1. The molecule has 0 amide bonds. The van der Waals surface area contributed by atoms with Gasteiger partial charge in [0.2, 0.25) is 5.24 Å². The van der Waals surface area contributed by atoms with E-state index in [1.165, 1.54) is 0 Å². The van der Waals surface area contributed by atoms with Gasteiger partial charge < -0.3 is 9.90 Å². The number of hydrogen-bond acceptors (Lipinski definition) is 3. The lowest BCUT2D eigenvalue weighted by atomic mass is 10.1. The van der Waals surface area contributed by atoms with E-state index in [1.807, 2.05) is 0 Å². The van der Waals surface area contributed by atoms with Crippen LogP contribution >= 0.6 is 11.6 Å². The number of halogens is 1. The highest BCUT2D eigenvalue weighted by molar-refractivity contribution is 6.63. The van der Waals surface area contributed by atoms with Crippen molar-refractivity contribution in [3.8, 4) is 0 Å². The Bertz CT molecular complexity index is 160. The van der Waals surface area contributed by atoms with E-state index in [9.17, 15) is 14.7 Å². The highest BCUT2D eigenvalue weighted by Gasteiger charge is 1.96. The molecule has 0 saturated heterocycles. The molecule has 4 heteroatoms. The summed E-state index contributed by atoms with van der Waals surface area (Å²) in [6.07, 6.45) is 6.09. The van der Waals surface area contributed by atoms with Gasteiger partial charge in [0, 0.05) is 12.4 Å². The molecule has 14 heavy (non-hydrogen) atoms. The van der Waals surface area contributed by atoms with Crippen LogP contribution in [0.4, 0.5) is 0 Å². The van der Waals surface area contributed by atoms with Crippen LogP contribution in [0.5, 0.6) is 0 Å². The van der Waals surface area contributed by atoms with Crippen LogP contribution in [0.3, 0.4) is 0 Å². The molecule has 0 aliphatic carbocycles. The smallest absolute Gasteiger partial charge is 0.221 e. The van der Waals surface area contributed by atoms with Crippen LogP contribution < -0.4 is 5.11 Å². The van der Waals surface area contributed by atoms with Crippen molar-refractivity contribution in [2.45, 2.75) is 51.4 Å².